The highest BCUT2D eigenvalue weighted by Crippen LogP contribution is 2.30. The van der Waals surface area contributed by atoms with E-state index in [1.54, 1.807) is 0 Å². The summed E-state index contributed by atoms with van der Waals surface area (Å²) < 4.78 is 27.7. The van der Waals surface area contributed by atoms with Crippen LogP contribution in [0.15, 0.2) is 40.4 Å². The van der Waals surface area contributed by atoms with Gasteiger partial charge in [-0.25, -0.2) is 5.14 Å². The molecule has 1 aromatic carbocycles. The highest BCUT2D eigenvalue weighted by molar-refractivity contribution is 7.99. The van der Waals surface area contributed by atoms with E-state index in [1.165, 1.54) is 34.5 Å². The van der Waals surface area contributed by atoms with Gasteiger partial charge in [-0.3, -0.25) is 9.18 Å². The molecule has 0 unspecified atom stereocenters. The largest absolute Gasteiger partial charge is 0.363 e. The first-order valence-electron chi connectivity index (χ1n) is 11.5. The molecule has 2 N–H and O–H groups in total. The van der Waals surface area contributed by atoms with E-state index in [4.69, 9.17) is 16.6 Å². The molecule has 180 valence electrons. The summed E-state index contributed by atoms with van der Waals surface area (Å²) in [5.74, 6) is 4.99. The van der Waals surface area contributed by atoms with Gasteiger partial charge in [-0.05, 0) is 25.3 Å². The molecule has 1 saturated carbocycles. The number of nitrogens with zero attached hydrogens (tertiary/aromatic N) is 3. The van der Waals surface area contributed by atoms with Gasteiger partial charge in [0, 0.05) is 42.2 Å². The summed E-state index contributed by atoms with van der Waals surface area (Å²) in [7, 11) is -1.59. The number of fused-ring (bicyclic) bond motifs is 1. The molecule has 1 aromatic heterocycles. The van der Waals surface area contributed by atoms with Crippen LogP contribution in [0.5, 0.6) is 0 Å². The van der Waals surface area contributed by atoms with Gasteiger partial charge < -0.3 is 9.47 Å². The van der Waals surface area contributed by atoms with Gasteiger partial charge in [0.05, 0.1) is 30.5 Å². The molecule has 0 amide bonds. The molecule has 4 rings (SSSR count). The van der Waals surface area contributed by atoms with E-state index >= 15 is 0 Å². The van der Waals surface area contributed by atoms with Crippen LogP contribution < -0.4 is 5.14 Å². The van der Waals surface area contributed by atoms with E-state index in [1.807, 2.05) is 11.8 Å². The number of nitrogens with two attached hydrogens (primary N) is 1. The number of amidine groups is 1. The molecule has 2 aromatic rings. The number of rotatable bonds is 7. The Hall–Kier alpha value is -1.99. The number of benzene rings is 1. The second-order valence-corrected chi connectivity index (χ2v) is 10.7. The van der Waals surface area contributed by atoms with Crippen molar-refractivity contribution in [3.8, 4) is 12.3 Å². The van der Waals surface area contributed by atoms with Crippen LogP contribution >= 0.6 is 11.8 Å². The number of hydrogen-bond donors (Lipinski definition) is 1. The van der Waals surface area contributed by atoms with Crippen LogP contribution in [0.4, 0.5) is 0 Å². The molecule has 0 atom stereocenters. The fourth-order valence-corrected chi connectivity index (χ4v) is 5.74. The smallest absolute Gasteiger partial charge is 0.333 e. The van der Waals surface area contributed by atoms with E-state index in [9.17, 15) is 8.42 Å². The standard InChI is InChI=1S/C18H21N3S.C6H13NO3S/c1-3-11-21-14-17(15-7-4-5-8-16(15)21)22-13-10-19-18-9-6-12-20(18)2;7-11(8,9)10-6-4-2-1-3-5-6/h1,4-5,7-8,14H,6,9-13H2,2H3;6H,1-5H2,(H2,7,8,9). The lowest BCUT2D eigenvalue weighted by atomic mass is 9.98. The van der Waals surface area contributed by atoms with Gasteiger partial charge in [0.2, 0.25) is 0 Å². The van der Waals surface area contributed by atoms with Crippen molar-refractivity contribution in [3.05, 3.63) is 30.5 Å². The van der Waals surface area contributed by atoms with Crippen LogP contribution in [0.3, 0.4) is 0 Å². The molecule has 2 aliphatic rings. The molecule has 0 radical (unpaired) electrons. The topological polar surface area (TPSA) is 89.9 Å². The normalized spacial score (nSPS) is 18.3. The van der Waals surface area contributed by atoms with Crippen molar-refractivity contribution in [1.82, 2.24) is 9.47 Å². The Morgan fingerprint density at radius 1 is 1.24 bits per heavy atom. The van der Waals surface area contributed by atoms with Crippen LogP contribution in [0.1, 0.15) is 44.9 Å². The average Bonchev–Trinajstić information content (AvgIpc) is 3.35. The van der Waals surface area contributed by atoms with Crippen LogP contribution in [0, 0.1) is 12.3 Å². The Labute approximate surface area is 202 Å². The predicted octanol–water partition coefficient (Wildman–Crippen LogP) is 4.03. The average molecular weight is 491 g/mol. The summed E-state index contributed by atoms with van der Waals surface area (Å²) in [6, 6.07) is 8.44. The first-order valence-corrected chi connectivity index (χ1v) is 13.9. The lowest BCUT2D eigenvalue weighted by Gasteiger charge is -2.19. The molecule has 33 heavy (non-hydrogen) atoms. The number of likely N-dealkylation sites (tertiary alicyclic amines) is 1. The zero-order chi connectivity index (χ0) is 23.7. The lowest BCUT2D eigenvalue weighted by molar-refractivity contribution is 0.162. The van der Waals surface area contributed by atoms with Crippen molar-refractivity contribution in [3.63, 3.8) is 0 Å². The molecule has 7 nitrogen and oxygen atoms in total. The number of thioether (sulfide) groups is 1. The van der Waals surface area contributed by atoms with Crippen LogP contribution in [-0.4, -0.2) is 55.7 Å². The maximum atomic E-state index is 10.5. The van der Waals surface area contributed by atoms with Crippen molar-refractivity contribution in [2.75, 3.05) is 25.9 Å². The van der Waals surface area contributed by atoms with Crippen LogP contribution in [0.2, 0.25) is 0 Å². The number of terminal acetylenes is 1. The van der Waals surface area contributed by atoms with Gasteiger partial charge >= 0.3 is 10.3 Å². The van der Waals surface area contributed by atoms with Gasteiger partial charge in [0.1, 0.15) is 0 Å². The zero-order valence-corrected chi connectivity index (χ0v) is 20.9. The molecule has 0 spiro atoms. The molecule has 1 aliphatic carbocycles. The minimum Gasteiger partial charge on any atom is -0.363 e. The van der Waals surface area contributed by atoms with Crippen molar-refractivity contribution in [2.24, 2.45) is 10.1 Å². The molecule has 0 bridgehead atoms. The lowest BCUT2D eigenvalue weighted by Crippen LogP contribution is -2.25. The van der Waals surface area contributed by atoms with Gasteiger partial charge in [-0.15, -0.1) is 18.2 Å². The minimum absolute atomic E-state index is 0.168. The monoisotopic (exact) mass is 490 g/mol. The van der Waals surface area contributed by atoms with Crippen molar-refractivity contribution >= 4 is 38.8 Å². The quantitative estimate of drug-likeness (QED) is 0.360. The number of hydrogen-bond acceptors (Lipinski definition) is 5. The minimum atomic E-state index is -3.72. The second-order valence-electron chi connectivity index (χ2n) is 8.36. The molecule has 1 saturated heterocycles. The number of aliphatic imine (C=N–C) groups is 1. The van der Waals surface area contributed by atoms with Gasteiger partial charge in [0.25, 0.3) is 0 Å². The Morgan fingerprint density at radius 3 is 2.67 bits per heavy atom. The third kappa shape index (κ3) is 8.07. The molecular formula is C24H34N4O3S2. The Bertz CT molecular complexity index is 1080. The van der Waals surface area contributed by atoms with Crippen molar-refractivity contribution in [2.45, 2.75) is 62.5 Å². The summed E-state index contributed by atoms with van der Waals surface area (Å²) in [5, 5.41) is 6.00. The van der Waals surface area contributed by atoms with E-state index in [-0.39, 0.29) is 6.10 Å². The molecule has 9 heteroatoms. The van der Waals surface area contributed by atoms with Crippen LogP contribution in [-0.2, 0) is 21.0 Å². The number of aromatic nitrogens is 1. The highest BCUT2D eigenvalue weighted by atomic mass is 32.2. The summed E-state index contributed by atoms with van der Waals surface area (Å²) in [5.41, 5.74) is 1.21. The van der Waals surface area contributed by atoms with E-state index in [0.29, 0.717) is 6.54 Å². The van der Waals surface area contributed by atoms with E-state index in [2.05, 4.69) is 57.1 Å². The summed E-state index contributed by atoms with van der Waals surface area (Å²) in [4.78, 5) is 8.29. The molecule has 2 fully saturated rings. The fourth-order valence-electron chi connectivity index (χ4n) is 4.23. The third-order valence-electron chi connectivity index (χ3n) is 5.81. The summed E-state index contributed by atoms with van der Waals surface area (Å²) in [6.07, 6.45) is 14.7. The molecular weight excluding hydrogens is 456 g/mol. The SMILES string of the molecule is C#CCn1cc(SCCN=C2CCCN2C)c2ccccc21.NS(=O)(=O)OC1CCCCC1. The van der Waals surface area contributed by atoms with E-state index < -0.39 is 10.3 Å². The first kappa shape index (κ1) is 25.6. The summed E-state index contributed by atoms with van der Waals surface area (Å²) >= 11 is 1.87. The maximum Gasteiger partial charge on any atom is 0.333 e. The Kier molecular flexibility index (Phi) is 9.68. The first-order chi connectivity index (χ1) is 15.9. The van der Waals surface area contributed by atoms with E-state index in [0.717, 1.165) is 50.9 Å². The van der Waals surface area contributed by atoms with Gasteiger partial charge in [-0.2, -0.15) is 8.42 Å². The molecule has 2 heterocycles. The maximum absolute atomic E-state index is 10.5. The summed E-state index contributed by atoms with van der Waals surface area (Å²) in [6.45, 7) is 2.64. The Balaban J connectivity index is 0.000000235. The van der Waals surface area contributed by atoms with Crippen LogP contribution in [0.25, 0.3) is 10.9 Å². The fraction of sp³-hybridized carbons (Fsp3) is 0.542. The molecule has 1 aliphatic heterocycles. The second kappa shape index (κ2) is 12.5. The van der Waals surface area contributed by atoms with Gasteiger partial charge in [0.15, 0.2) is 0 Å². The third-order valence-corrected chi connectivity index (χ3v) is 7.38. The highest BCUT2D eigenvalue weighted by Gasteiger charge is 2.18. The van der Waals surface area contributed by atoms with Crippen molar-refractivity contribution in [1.29, 1.82) is 0 Å². The zero-order valence-electron chi connectivity index (χ0n) is 19.3. The number of para-hydroxylation sites is 1. The predicted molar refractivity (Wildman–Crippen MR) is 137 cm³/mol. The van der Waals surface area contributed by atoms with Crippen molar-refractivity contribution < 1.29 is 12.6 Å². The Morgan fingerprint density at radius 2 is 2.00 bits per heavy atom. The van der Waals surface area contributed by atoms with Gasteiger partial charge in [-0.1, -0.05) is 43.4 Å².